The Hall–Kier alpha value is -3.11. The summed E-state index contributed by atoms with van der Waals surface area (Å²) < 4.78 is 56.5. The zero-order valence-corrected chi connectivity index (χ0v) is 15.4. The fourth-order valence-corrected chi connectivity index (χ4v) is 3.85. The van der Waals surface area contributed by atoms with Gasteiger partial charge in [0.1, 0.15) is 40.9 Å². The van der Waals surface area contributed by atoms with E-state index >= 15 is 0 Å². The van der Waals surface area contributed by atoms with Gasteiger partial charge in [0.15, 0.2) is 5.60 Å². The molecule has 2 aromatic heterocycles. The van der Waals surface area contributed by atoms with Crippen LogP contribution in [0.1, 0.15) is 10.6 Å². The summed E-state index contributed by atoms with van der Waals surface area (Å²) in [6.45, 7) is -0.269. The first-order valence-electron chi connectivity index (χ1n) is 8.28. The minimum Gasteiger partial charge on any atom is -0.376 e. The minimum atomic E-state index is -2.04. The normalized spacial score (nSPS) is 13.4. The molecule has 0 aliphatic carbocycles. The van der Waals surface area contributed by atoms with Gasteiger partial charge < -0.3 is 5.11 Å². The summed E-state index contributed by atoms with van der Waals surface area (Å²) in [5.41, 5.74) is -2.10. The van der Waals surface area contributed by atoms with Crippen LogP contribution >= 0.6 is 11.3 Å². The molecule has 1 N–H and O–H groups in total. The number of rotatable bonds is 5. The van der Waals surface area contributed by atoms with Crippen molar-refractivity contribution in [3.63, 3.8) is 0 Å². The summed E-state index contributed by atoms with van der Waals surface area (Å²) in [6.07, 6.45) is 2.56. The fraction of sp³-hybridized carbons (Fsp3) is 0.105. The third-order valence-corrected chi connectivity index (χ3v) is 5.29. The van der Waals surface area contributed by atoms with Gasteiger partial charge in [-0.1, -0.05) is 0 Å². The summed E-state index contributed by atoms with van der Waals surface area (Å²) in [4.78, 5) is 8.04. The molecule has 4 aromatic rings. The molecule has 1 atom stereocenters. The molecule has 0 aliphatic rings. The predicted octanol–water partition coefficient (Wildman–Crippen LogP) is 3.89. The summed E-state index contributed by atoms with van der Waals surface area (Å²) in [6, 6.07) is 5.79. The Kier molecular flexibility index (Phi) is 4.89. The lowest BCUT2D eigenvalue weighted by Gasteiger charge is -2.26. The van der Waals surface area contributed by atoms with E-state index in [0.29, 0.717) is 6.07 Å². The van der Waals surface area contributed by atoms with Gasteiger partial charge >= 0.3 is 0 Å². The number of nitrogens with zero attached hydrogens (tertiary/aromatic N) is 4. The van der Waals surface area contributed by atoms with Crippen molar-refractivity contribution in [2.75, 3.05) is 0 Å². The van der Waals surface area contributed by atoms with Crippen molar-refractivity contribution < 1.29 is 22.7 Å². The first-order chi connectivity index (χ1) is 13.9. The van der Waals surface area contributed by atoms with Gasteiger partial charge in [-0.15, -0.1) is 11.3 Å². The first kappa shape index (κ1) is 19.2. The monoisotopic (exact) mass is 420 g/mol. The lowest BCUT2D eigenvalue weighted by molar-refractivity contribution is 0.0533. The van der Waals surface area contributed by atoms with Crippen molar-refractivity contribution >= 4 is 11.3 Å². The number of halogens is 4. The van der Waals surface area contributed by atoms with Gasteiger partial charge in [-0.3, -0.25) is 0 Å². The Morgan fingerprint density at radius 3 is 2.38 bits per heavy atom. The number of aliphatic hydroxyl groups is 1. The quantitative estimate of drug-likeness (QED) is 0.498. The molecule has 2 heterocycles. The van der Waals surface area contributed by atoms with Crippen LogP contribution in [0.25, 0.3) is 11.3 Å². The lowest BCUT2D eigenvalue weighted by atomic mass is 9.93. The van der Waals surface area contributed by atoms with Crippen LogP contribution in [-0.4, -0.2) is 24.9 Å². The number of benzene rings is 2. The van der Waals surface area contributed by atoms with Crippen LogP contribution in [0, 0.1) is 23.3 Å². The van der Waals surface area contributed by atoms with Crippen LogP contribution in [0.3, 0.4) is 0 Å². The molecule has 0 amide bonds. The van der Waals surface area contributed by atoms with Gasteiger partial charge in [0.25, 0.3) is 0 Å². The molecule has 5 nitrogen and oxygen atoms in total. The number of hydrogen-bond donors (Lipinski definition) is 1. The molecule has 0 saturated carbocycles. The molecule has 0 bridgehead atoms. The molecule has 0 saturated heterocycles. The van der Waals surface area contributed by atoms with E-state index in [1.54, 1.807) is 0 Å². The Balaban J connectivity index is 1.82. The predicted molar refractivity (Wildman–Crippen MR) is 96.8 cm³/mol. The van der Waals surface area contributed by atoms with Crippen LogP contribution in [0.5, 0.6) is 0 Å². The molecular formula is C19H12F4N4OS. The highest BCUT2D eigenvalue weighted by molar-refractivity contribution is 7.10. The molecule has 0 spiro atoms. The van der Waals surface area contributed by atoms with E-state index < -0.39 is 28.9 Å². The highest BCUT2D eigenvalue weighted by Crippen LogP contribution is 2.37. The van der Waals surface area contributed by atoms with Gasteiger partial charge in [-0.2, -0.15) is 5.10 Å². The molecule has 0 radical (unpaired) electrons. The maximum Gasteiger partial charge on any atom is 0.163 e. The van der Waals surface area contributed by atoms with Gasteiger partial charge in [-0.25, -0.2) is 32.2 Å². The summed E-state index contributed by atoms with van der Waals surface area (Å²) in [5, 5.41) is 16.8. The fourth-order valence-electron chi connectivity index (χ4n) is 2.93. The number of aromatic nitrogens is 4. The summed E-state index contributed by atoms with van der Waals surface area (Å²) in [5.74, 6) is -3.34. The van der Waals surface area contributed by atoms with Crippen molar-refractivity contribution in [1.29, 1.82) is 0 Å². The summed E-state index contributed by atoms with van der Waals surface area (Å²) >= 11 is 0.950. The second-order valence-electron chi connectivity index (χ2n) is 6.24. The molecule has 2 aromatic carbocycles. The van der Waals surface area contributed by atoms with E-state index in [-0.39, 0.29) is 28.4 Å². The zero-order chi connectivity index (χ0) is 20.6. The van der Waals surface area contributed by atoms with Crippen molar-refractivity contribution in [1.82, 2.24) is 19.7 Å². The van der Waals surface area contributed by atoms with Crippen LogP contribution in [0.15, 0.2) is 54.4 Å². The van der Waals surface area contributed by atoms with Crippen LogP contribution in [0.4, 0.5) is 17.6 Å². The van der Waals surface area contributed by atoms with Crippen LogP contribution in [0.2, 0.25) is 0 Å². The number of hydrogen-bond acceptors (Lipinski definition) is 5. The molecule has 1 unspecified atom stereocenters. The van der Waals surface area contributed by atoms with Crippen LogP contribution < -0.4 is 0 Å². The maximum atomic E-state index is 14.5. The highest BCUT2D eigenvalue weighted by atomic mass is 32.1. The van der Waals surface area contributed by atoms with E-state index in [1.165, 1.54) is 28.8 Å². The smallest absolute Gasteiger partial charge is 0.163 e. The Morgan fingerprint density at radius 2 is 1.72 bits per heavy atom. The highest BCUT2D eigenvalue weighted by Gasteiger charge is 2.38. The van der Waals surface area contributed by atoms with Gasteiger partial charge in [0.2, 0.25) is 0 Å². The topological polar surface area (TPSA) is 63.8 Å². The van der Waals surface area contributed by atoms with Crippen molar-refractivity contribution in [2.45, 2.75) is 12.1 Å². The van der Waals surface area contributed by atoms with Crippen LogP contribution in [-0.2, 0) is 12.1 Å². The average Bonchev–Trinajstić information content (AvgIpc) is 3.33. The first-order valence-corrected chi connectivity index (χ1v) is 9.16. The van der Waals surface area contributed by atoms with E-state index in [9.17, 15) is 22.7 Å². The average molecular weight is 420 g/mol. The second-order valence-corrected chi connectivity index (χ2v) is 7.10. The largest absolute Gasteiger partial charge is 0.376 e. The SMILES string of the molecule is OC(Cn1cncn1)(c1nc(-c2ccc(F)cc2F)cs1)c1ccc(F)cc1F. The van der Waals surface area contributed by atoms with Gasteiger partial charge in [-0.05, 0) is 24.3 Å². The zero-order valence-electron chi connectivity index (χ0n) is 14.6. The lowest BCUT2D eigenvalue weighted by Crippen LogP contribution is -2.34. The molecule has 29 heavy (non-hydrogen) atoms. The van der Waals surface area contributed by atoms with Crippen molar-refractivity contribution in [3.05, 3.63) is 88.3 Å². The summed E-state index contributed by atoms with van der Waals surface area (Å²) in [7, 11) is 0. The van der Waals surface area contributed by atoms with Gasteiger partial charge in [0.05, 0.1) is 12.2 Å². The van der Waals surface area contributed by atoms with Gasteiger partial charge in [0, 0.05) is 28.6 Å². The van der Waals surface area contributed by atoms with Crippen molar-refractivity contribution in [3.8, 4) is 11.3 Å². The molecule has 0 aliphatic heterocycles. The minimum absolute atomic E-state index is 0.0246. The number of thiazole rings is 1. The van der Waals surface area contributed by atoms with E-state index in [0.717, 1.165) is 35.6 Å². The van der Waals surface area contributed by atoms with E-state index in [2.05, 4.69) is 15.1 Å². The van der Waals surface area contributed by atoms with Crippen molar-refractivity contribution in [2.24, 2.45) is 0 Å². The molecule has 10 heteroatoms. The third kappa shape index (κ3) is 3.64. The molecule has 0 fully saturated rings. The Morgan fingerprint density at radius 1 is 1.00 bits per heavy atom. The Bertz CT molecular complexity index is 1160. The Labute approximate surface area is 165 Å². The molecule has 4 rings (SSSR count). The van der Waals surface area contributed by atoms with E-state index in [4.69, 9.17) is 0 Å². The maximum absolute atomic E-state index is 14.5. The standard InChI is InChI=1S/C19H12F4N4OS/c20-11-1-3-13(15(22)5-11)17-7-29-18(26-17)19(28,8-27-10-24-9-25-27)14-4-2-12(21)6-16(14)23/h1-7,9-10,28H,8H2. The molecular weight excluding hydrogens is 408 g/mol. The van der Waals surface area contributed by atoms with E-state index in [1.807, 2.05) is 0 Å². The molecule has 148 valence electrons. The third-order valence-electron chi connectivity index (χ3n) is 4.30. The second kappa shape index (κ2) is 7.37.